The minimum Gasteiger partial charge on any atom is -0.355 e. The van der Waals surface area contributed by atoms with Crippen LogP contribution in [0.25, 0.3) is 10.9 Å². The molecular weight excluding hydrogens is 298 g/mol. The fourth-order valence-electron chi connectivity index (χ4n) is 3.14. The lowest BCUT2D eigenvalue weighted by Gasteiger charge is -2.24. The summed E-state index contributed by atoms with van der Waals surface area (Å²) in [6.07, 6.45) is -0.504. The number of fused-ring (bicyclic) bond motifs is 1. The second kappa shape index (κ2) is 7.17. The van der Waals surface area contributed by atoms with E-state index in [0.29, 0.717) is 11.3 Å². The van der Waals surface area contributed by atoms with E-state index in [-0.39, 0.29) is 5.82 Å². The monoisotopic (exact) mass is 320 g/mol. The van der Waals surface area contributed by atoms with E-state index in [1.54, 1.807) is 6.07 Å². The number of anilines is 1. The van der Waals surface area contributed by atoms with Crippen molar-refractivity contribution < 1.29 is 8.78 Å². The van der Waals surface area contributed by atoms with Gasteiger partial charge in [0.05, 0.1) is 5.52 Å². The molecule has 0 amide bonds. The molecule has 0 aliphatic carbocycles. The first-order valence-electron chi connectivity index (χ1n) is 8.21. The van der Waals surface area contributed by atoms with Crippen LogP contribution in [-0.4, -0.2) is 47.6 Å². The Labute approximate surface area is 135 Å². The van der Waals surface area contributed by atoms with Gasteiger partial charge in [-0.2, -0.15) is 0 Å². The van der Waals surface area contributed by atoms with Crippen molar-refractivity contribution in [3.63, 3.8) is 0 Å². The van der Waals surface area contributed by atoms with Crippen molar-refractivity contribution in [3.05, 3.63) is 30.1 Å². The molecule has 0 radical (unpaired) electrons. The van der Waals surface area contributed by atoms with Crippen LogP contribution in [-0.2, 0) is 0 Å². The van der Waals surface area contributed by atoms with E-state index in [1.165, 1.54) is 0 Å². The topological polar surface area (TPSA) is 32.3 Å². The Morgan fingerprint density at radius 2 is 1.91 bits per heavy atom. The number of benzene rings is 1. The molecule has 2 heterocycles. The number of hydrogen-bond donors (Lipinski definition) is 0. The normalized spacial score (nSPS) is 17.0. The summed E-state index contributed by atoms with van der Waals surface area (Å²) in [5.74, 6) is 0.262. The molecule has 0 N–H and O–H groups in total. The van der Waals surface area contributed by atoms with E-state index in [2.05, 4.69) is 26.7 Å². The third kappa shape index (κ3) is 3.58. The van der Waals surface area contributed by atoms with Crippen molar-refractivity contribution in [2.75, 3.05) is 37.6 Å². The van der Waals surface area contributed by atoms with Gasteiger partial charge in [-0.3, -0.25) is 0 Å². The Hall–Kier alpha value is -1.82. The molecular formula is C17H22F2N4. The number of hydrogen-bond acceptors (Lipinski definition) is 4. The van der Waals surface area contributed by atoms with Crippen molar-refractivity contribution in [2.45, 2.75) is 26.2 Å². The summed E-state index contributed by atoms with van der Waals surface area (Å²) >= 11 is 0. The Morgan fingerprint density at radius 3 is 2.70 bits per heavy atom. The predicted octanol–water partition coefficient (Wildman–Crippen LogP) is 3.49. The molecule has 1 aliphatic rings. The molecule has 0 atom stereocenters. The fraction of sp³-hybridized carbons (Fsp3) is 0.529. The third-order valence-electron chi connectivity index (χ3n) is 4.22. The van der Waals surface area contributed by atoms with Gasteiger partial charge in [0.15, 0.2) is 5.82 Å². The summed E-state index contributed by atoms with van der Waals surface area (Å²) < 4.78 is 26.3. The molecule has 2 aromatic rings. The quantitative estimate of drug-likeness (QED) is 0.863. The summed E-state index contributed by atoms with van der Waals surface area (Å²) in [4.78, 5) is 12.7. The van der Waals surface area contributed by atoms with Gasteiger partial charge in [0.2, 0.25) is 0 Å². The lowest BCUT2D eigenvalue weighted by atomic mass is 10.2. The van der Waals surface area contributed by atoms with Crippen molar-refractivity contribution in [3.8, 4) is 0 Å². The summed E-state index contributed by atoms with van der Waals surface area (Å²) in [6.45, 7) is 6.90. The van der Waals surface area contributed by atoms with Crippen LogP contribution in [0, 0.1) is 0 Å². The first kappa shape index (κ1) is 16.1. The van der Waals surface area contributed by atoms with Crippen LogP contribution >= 0.6 is 0 Å². The molecule has 4 nitrogen and oxygen atoms in total. The zero-order valence-corrected chi connectivity index (χ0v) is 13.4. The van der Waals surface area contributed by atoms with Crippen LogP contribution < -0.4 is 4.90 Å². The van der Waals surface area contributed by atoms with Crippen molar-refractivity contribution in [2.24, 2.45) is 0 Å². The maximum Gasteiger partial charge on any atom is 0.297 e. The van der Waals surface area contributed by atoms with Crippen molar-refractivity contribution in [1.82, 2.24) is 14.9 Å². The summed E-state index contributed by atoms with van der Waals surface area (Å²) in [6, 6.07) is 7.40. The Balaban J connectivity index is 1.94. The van der Waals surface area contributed by atoms with Crippen molar-refractivity contribution in [1.29, 1.82) is 0 Å². The average molecular weight is 320 g/mol. The van der Waals surface area contributed by atoms with Crippen LogP contribution in [0.2, 0.25) is 0 Å². The SMILES string of the molecule is CCCN1CCCN(c2nc(C(F)F)nc3ccccc23)CC1. The van der Waals surface area contributed by atoms with Crippen LogP contribution in [0.1, 0.15) is 32.0 Å². The Kier molecular flexibility index (Phi) is 5.00. The third-order valence-corrected chi connectivity index (χ3v) is 4.22. The van der Waals surface area contributed by atoms with E-state index in [4.69, 9.17) is 0 Å². The van der Waals surface area contributed by atoms with Gasteiger partial charge in [0.1, 0.15) is 5.82 Å². The van der Waals surface area contributed by atoms with Gasteiger partial charge in [-0.15, -0.1) is 0 Å². The molecule has 1 aromatic heterocycles. The molecule has 0 saturated carbocycles. The zero-order valence-electron chi connectivity index (χ0n) is 13.4. The number of aromatic nitrogens is 2. The van der Waals surface area contributed by atoms with Gasteiger partial charge < -0.3 is 9.80 Å². The molecule has 0 unspecified atom stereocenters. The highest BCUT2D eigenvalue weighted by Gasteiger charge is 2.21. The minimum atomic E-state index is -2.65. The highest BCUT2D eigenvalue weighted by molar-refractivity contribution is 5.89. The molecule has 1 fully saturated rings. The molecule has 1 aromatic carbocycles. The number of alkyl halides is 2. The summed E-state index contributed by atoms with van der Waals surface area (Å²) in [7, 11) is 0. The highest BCUT2D eigenvalue weighted by Crippen LogP contribution is 2.27. The standard InChI is InChI=1S/C17H22F2N4/c1-2-8-22-9-5-10-23(12-11-22)17-13-6-3-4-7-14(13)20-16(21-17)15(18)19/h3-4,6-7,15H,2,5,8-12H2,1H3. The van der Waals surface area contributed by atoms with Crippen LogP contribution in [0.5, 0.6) is 0 Å². The Morgan fingerprint density at radius 1 is 1.09 bits per heavy atom. The molecule has 124 valence electrons. The molecule has 0 bridgehead atoms. The molecule has 0 spiro atoms. The maximum atomic E-state index is 13.1. The zero-order chi connectivity index (χ0) is 16.2. The maximum absolute atomic E-state index is 13.1. The van der Waals surface area contributed by atoms with Gasteiger partial charge >= 0.3 is 0 Å². The van der Waals surface area contributed by atoms with E-state index < -0.39 is 6.43 Å². The lowest BCUT2D eigenvalue weighted by Crippen LogP contribution is -2.32. The van der Waals surface area contributed by atoms with Crippen LogP contribution in [0.15, 0.2) is 24.3 Å². The number of nitrogens with zero attached hydrogens (tertiary/aromatic N) is 4. The lowest BCUT2D eigenvalue weighted by molar-refractivity contribution is 0.141. The smallest absolute Gasteiger partial charge is 0.297 e. The van der Waals surface area contributed by atoms with Gasteiger partial charge in [-0.05, 0) is 38.1 Å². The van der Waals surface area contributed by atoms with Crippen LogP contribution in [0.3, 0.4) is 0 Å². The number of halogens is 2. The first-order valence-corrected chi connectivity index (χ1v) is 8.21. The van der Waals surface area contributed by atoms with E-state index >= 15 is 0 Å². The molecule has 3 rings (SSSR count). The van der Waals surface area contributed by atoms with Crippen molar-refractivity contribution >= 4 is 16.7 Å². The largest absolute Gasteiger partial charge is 0.355 e. The molecule has 1 aliphatic heterocycles. The minimum absolute atomic E-state index is 0.381. The number of rotatable bonds is 4. The molecule has 23 heavy (non-hydrogen) atoms. The molecule has 6 heteroatoms. The second-order valence-corrected chi connectivity index (χ2v) is 5.91. The predicted molar refractivity (Wildman–Crippen MR) is 88.1 cm³/mol. The van der Waals surface area contributed by atoms with Gasteiger partial charge in [0, 0.05) is 25.0 Å². The Bertz CT molecular complexity index is 662. The van der Waals surface area contributed by atoms with Crippen LogP contribution in [0.4, 0.5) is 14.6 Å². The summed E-state index contributed by atoms with van der Waals surface area (Å²) in [5, 5.41) is 0.848. The summed E-state index contributed by atoms with van der Waals surface area (Å²) in [5.41, 5.74) is 0.586. The van der Waals surface area contributed by atoms with Gasteiger partial charge in [0.25, 0.3) is 6.43 Å². The second-order valence-electron chi connectivity index (χ2n) is 5.91. The van der Waals surface area contributed by atoms with Gasteiger partial charge in [-0.1, -0.05) is 19.1 Å². The first-order chi connectivity index (χ1) is 11.2. The van der Waals surface area contributed by atoms with E-state index in [1.807, 2.05) is 18.2 Å². The highest BCUT2D eigenvalue weighted by atomic mass is 19.3. The van der Waals surface area contributed by atoms with E-state index in [0.717, 1.165) is 51.0 Å². The number of para-hydroxylation sites is 1. The van der Waals surface area contributed by atoms with E-state index in [9.17, 15) is 8.78 Å². The fourth-order valence-corrected chi connectivity index (χ4v) is 3.14. The van der Waals surface area contributed by atoms with Gasteiger partial charge in [-0.25, -0.2) is 18.7 Å². The molecule has 1 saturated heterocycles. The average Bonchev–Trinajstić information content (AvgIpc) is 2.80.